The zero-order valence-corrected chi connectivity index (χ0v) is 9.46. The summed E-state index contributed by atoms with van der Waals surface area (Å²) in [6.07, 6.45) is 0. The van der Waals surface area contributed by atoms with Crippen molar-refractivity contribution in [2.24, 2.45) is 0 Å². The van der Waals surface area contributed by atoms with E-state index in [1.165, 1.54) is 0 Å². The lowest BCUT2D eigenvalue weighted by Gasteiger charge is -2.14. The van der Waals surface area contributed by atoms with Crippen LogP contribution in [0.5, 0.6) is 5.75 Å². The summed E-state index contributed by atoms with van der Waals surface area (Å²) in [5, 5.41) is 16.0. The van der Waals surface area contributed by atoms with Crippen LogP contribution in [0.3, 0.4) is 0 Å². The largest absolute Gasteiger partial charge is 0.508 e. The maximum absolute atomic E-state index is 9.33. The maximum Gasteiger partial charge on any atom is 0.115 e. The van der Waals surface area contributed by atoms with Crippen LogP contribution < -0.4 is 10.6 Å². The van der Waals surface area contributed by atoms with Gasteiger partial charge in [-0.05, 0) is 31.2 Å². The lowest BCUT2D eigenvalue weighted by Crippen LogP contribution is -2.28. The standard InChI is InChI=1S/C12H20N2O/c1-3-13-7-8-14-10(2)11-5-4-6-12(15)9-11/h4-6,9-10,13-15H,3,7-8H2,1-2H3. The van der Waals surface area contributed by atoms with E-state index in [2.05, 4.69) is 24.5 Å². The molecule has 1 aromatic rings. The Hall–Kier alpha value is -1.06. The van der Waals surface area contributed by atoms with E-state index in [0.29, 0.717) is 5.75 Å². The molecule has 1 unspecified atom stereocenters. The summed E-state index contributed by atoms with van der Waals surface area (Å²) in [5.74, 6) is 0.327. The van der Waals surface area contributed by atoms with Crippen molar-refractivity contribution in [1.82, 2.24) is 10.6 Å². The van der Waals surface area contributed by atoms with E-state index < -0.39 is 0 Å². The zero-order valence-electron chi connectivity index (χ0n) is 9.46. The first-order valence-electron chi connectivity index (χ1n) is 5.47. The Balaban J connectivity index is 2.36. The van der Waals surface area contributed by atoms with Crippen molar-refractivity contribution in [1.29, 1.82) is 0 Å². The van der Waals surface area contributed by atoms with Crippen molar-refractivity contribution in [2.75, 3.05) is 19.6 Å². The molecule has 1 atom stereocenters. The number of nitrogens with one attached hydrogen (secondary N) is 2. The number of aromatic hydroxyl groups is 1. The molecule has 0 aliphatic heterocycles. The van der Waals surface area contributed by atoms with Crippen LogP contribution in [0.1, 0.15) is 25.5 Å². The van der Waals surface area contributed by atoms with Gasteiger partial charge >= 0.3 is 0 Å². The molecular weight excluding hydrogens is 188 g/mol. The molecule has 0 saturated heterocycles. The fourth-order valence-corrected chi connectivity index (χ4v) is 1.47. The Morgan fingerprint density at radius 3 is 2.80 bits per heavy atom. The minimum absolute atomic E-state index is 0.274. The van der Waals surface area contributed by atoms with Gasteiger partial charge in [0.15, 0.2) is 0 Å². The summed E-state index contributed by atoms with van der Waals surface area (Å²) in [4.78, 5) is 0. The minimum Gasteiger partial charge on any atom is -0.508 e. The SMILES string of the molecule is CCNCCNC(C)c1cccc(O)c1. The first-order valence-corrected chi connectivity index (χ1v) is 5.47. The van der Waals surface area contributed by atoms with E-state index in [0.717, 1.165) is 25.2 Å². The summed E-state index contributed by atoms with van der Waals surface area (Å²) in [7, 11) is 0. The topological polar surface area (TPSA) is 44.3 Å². The number of benzene rings is 1. The molecule has 15 heavy (non-hydrogen) atoms. The second-order valence-electron chi connectivity index (χ2n) is 3.62. The molecule has 0 aliphatic rings. The third-order valence-corrected chi connectivity index (χ3v) is 2.37. The molecule has 0 bridgehead atoms. The summed E-state index contributed by atoms with van der Waals surface area (Å²) in [5.41, 5.74) is 1.12. The number of hydrogen-bond acceptors (Lipinski definition) is 3. The van der Waals surface area contributed by atoms with E-state index in [1.54, 1.807) is 12.1 Å². The molecule has 1 aromatic carbocycles. The fraction of sp³-hybridized carbons (Fsp3) is 0.500. The molecule has 0 heterocycles. The molecule has 3 heteroatoms. The Morgan fingerprint density at radius 2 is 2.13 bits per heavy atom. The summed E-state index contributed by atoms with van der Waals surface area (Å²) in [6, 6.07) is 7.65. The highest BCUT2D eigenvalue weighted by Gasteiger charge is 2.03. The average Bonchev–Trinajstić information content (AvgIpc) is 2.24. The van der Waals surface area contributed by atoms with Crippen LogP contribution in [0.4, 0.5) is 0 Å². The van der Waals surface area contributed by atoms with Crippen molar-refractivity contribution in [3.63, 3.8) is 0 Å². The van der Waals surface area contributed by atoms with Crippen LogP contribution in [0.25, 0.3) is 0 Å². The number of hydrogen-bond donors (Lipinski definition) is 3. The van der Waals surface area contributed by atoms with Gasteiger partial charge in [-0.3, -0.25) is 0 Å². The van der Waals surface area contributed by atoms with Crippen LogP contribution in [0.2, 0.25) is 0 Å². The third-order valence-electron chi connectivity index (χ3n) is 2.37. The van der Waals surface area contributed by atoms with Crippen LogP contribution in [0.15, 0.2) is 24.3 Å². The molecule has 0 radical (unpaired) electrons. The van der Waals surface area contributed by atoms with Gasteiger partial charge in [0.25, 0.3) is 0 Å². The summed E-state index contributed by atoms with van der Waals surface area (Å²) >= 11 is 0. The average molecular weight is 208 g/mol. The van der Waals surface area contributed by atoms with Crippen molar-refractivity contribution < 1.29 is 5.11 Å². The van der Waals surface area contributed by atoms with Crippen molar-refractivity contribution in [3.05, 3.63) is 29.8 Å². The van der Waals surface area contributed by atoms with Gasteiger partial charge in [-0.25, -0.2) is 0 Å². The number of phenolic OH excluding ortho intramolecular Hbond substituents is 1. The van der Waals surface area contributed by atoms with Gasteiger partial charge in [-0.1, -0.05) is 19.1 Å². The molecule has 0 fully saturated rings. The van der Waals surface area contributed by atoms with E-state index in [-0.39, 0.29) is 6.04 Å². The molecule has 0 saturated carbocycles. The second kappa shape index (κ2) is 6.43. The van der Waals surface area contributed by atoms with Crippen LogP contribution in [0, 0.1) is 0 Å². The van der Waals surface area contributed by atoms with Crippen LogP contribution >= 0.6 is 0 Å². The van der Waals surface area contributed by atoms with Gasteiger partial charge in [0, 0.05) is 19.1 Å². The number of rotatable bonds is 6. The van der Waals surface area contributed by atoms with E-state index >= 15 is 0 Å². The molecule has 0 aliphatic carbocycles. The molecule has 3 N–H and O–H groups in total. The van der Waals surface area contributed by atoms with Crippen LogP contribution in [-0.2, 0) is 0 Å². The second-order valence-corrected chi connectivity index (χ2v) is 3.62. The first-order chi connectivity index (χ1) is 7.24. The summed E-state index contributed by atoms with van der Waals surface area (Å²) in [6.45, 7) is 7.10. The normalized spacial score (nSPS) is 12.7. The van der Waals surface area contributed by atoms with Gasteiger partial charge in [0.1, 0.15) is 5.75 Å². The van der Waals surface area contributed by atoms with Crippen molar-refractivity contribution >= 4 is 0 Å². The monoisotopic (exact) mass is 208 g/mol. The Kier molecular flexibility index (Phi) is 5.15. The van der Waals surface area contributed by atoms with Gasteiger partial charge in [-0.15, -0.1) is 0 Å². The Bertz CT molecular complexity index is 289. The third kappa shape index (κ3) is 4.32. The Labute approximate surface area is 91.5 Å². The van der Waals surface area contributed by atoms with Crippen LogP contribution in [-0.4, -0.2) is 24.7 Å². The van der Waals surface area contributed by atoms with Gasteiger partial charge in [-0.2, -0.15) is 0 Å². The molecule has 3 nitrogen and oxygen atoms in total. The van der Waals surface area contributed by atoms with Gasteiger partial charge in [0.05, 0.1) is 0 Å². The van der Waals surface area contributed by atoms with Gasteiger partial charge < -0.3 is 15.7 Å². The number of phenols is 1. The quantitative estimate of drug-likeness (QED) is 0.623. The molecule has 0 spiro atoms. The molecule has 0 aromatic heterocycles. The van der Waals surface area contributed by atoms with E-state index in [9.17, 15) is 5.11 Å². The highest BCUT2D eigenvalue weighted by Crippen LogP contribution is 2.17. The predicted molar refractivity (Wildman–Crippen MR) is 63.1 cm³/mol. The van der Waals surface area contributed by atoms with Gasteiger partial charge in [0.2, 0.25) is 0 Å². The van der Waals surface area contributed by atoms with E-state index in [1.807, 2.05) is 12.1 Å². The molecule has 0 amide bonds. The highest BCUT2D eigenvalue weighted by atomic mass is 16.3. The lowest BCUT2D eigenvalue weighted by atomic mass is 10.1. The highest BCUT2D eigenvalue weighted by molar-refractivity contribution is 5.28. The number of likely N-dealkylation sites (N-methyl/N-ethyl adjacent to an activating group) is 1. The maximum atomic E-state index is 9.33. The fourth-order valence-electron chi connectivity index (χ4n) is 1.47. The first kappa shape index (κ1) is 12.0. The lowest BCUT2D eigenvalue weighted by molar-refractivity contribution is 0.472. The molecule has 1 rings (SSSR count). The molecule has 84 valence electrons. The Morgan fingerprint density at radius 1 is 1.33 bits per heavy atom. The summed E-state index contributed by atoms with van der Waals surface area (Å²) < 4.78 is 0. The van der Waals surface area contributed by atoms with Crippen molar-refractivity contribution in [2.45, 2.75) is 19.9 Å². The van der Waals surface area contributed by atoms with E-state index in [4.69, 9.17) is 0 Å². The molecular formula is C12H20N2O. The predicted octanol–water partition coefficient (Wildman–Crippen LogP) is 1.65. The smallest absolute Gasteiger partial charge is 0.115 e. The minimum atomic E-state index is 0.274. The zero-order chi connectivity index (χ0) is 11.1. The van der Waals surface area contributed by atoms with Crippen molar-refractivity contribution in [3.8, 4) is 5.75 Å².